The van der Waals surface area contributed by atoms with Crippen LogP contribution in [0.3, 0.4) is 0 Å². The lowest BCUT2D eigenvalue weighted by Crippen LogP contribution is -2.42. The molecule has 2 fully saturated rings. The maximum Gasteiger partial charge on any atom is 0.416 e. The molecular formula is C27H27F3N6O4. The Hall–Kier alpha value is -3.97. The van der Waals surface area contributed by atoms with E-state index in [-0.39, 0.29) is 30.5 Å². The van der Waals surface area contributed by atoms with Crippen molar-refractivity contribution in [2.24, 2.45) is 0 Å². The van der Waals surface area contributed by atoms with Gasteiger partial charge in [0.15, 0.2) is 11.6 Å². The minimum absolute atomic E-state index is 0.149. The molecule has 3 aliphatic rings. The number of nitrogens with zero attached hydrogens (tertiary/aromatic N) is 4. The number of aromatic nitrogens is 3. The Bertz CT molecular complexity index is 1420. The lowest BCUT2D eigenvalue weighted by Gasteiger charge is -2.30. The van der Waals surface area contributed by atoms with E-state index >= 15 is 0 Å². The van der Waals surface area contributed by atoms with Crippen LogP contribution in [-0.4, -0.2) is 64.6 Å². The van der Waals surface area contributed by atoms with Crippen LogP contribution in [0.15, 0.2) is 55.0 Å². The van der Waals surface area contributed by atoms with Gasteiger partial charge in [-0.1, -0.05) is 18.2 Å². The first kappa shape index (κ1) is 26.3. The van der Waals surface area contributed by atoms with E-state index in [2.05, 4.69) is 25.6 Å². The molecule has 1 aromatic carbocycles. The third-order valence-corrected chi connectivity index (χ3v) is 7.14. The highest BCUT2D eigenvalue weighted by Gasteiger charge is 2.50. The third kappa shape index (κ3) is 5.13. The Morgan fingerprint density at radius 3 is 2.88 bits per heavy atom. The Balaban J connectivity index is 1.25. The second kappa shape index (κ2) is 9.89. The minimum Gasteiger partial charge on any atom is -0.474 e. The lowest BCUT2D eigenvalue weighted by atomic mass is 9.87. The maximum atomic E-state index is 13.8. The van der Waals surface area contributed by atoms with Gasteiger partial charge in [0.25, 0.3) is 0 Å². The predicted octanol–water partition coefficient (Wildman–Crippen LogP) is 3.83. The number of halogens is 3. The number of carbonyl (C=O) groups excluding carboxylic acids is 1. The molecule has 1 amide bonds. The van der Waals surface area contributed by atoms with Crippen LogP contribution in [0.4, 0.5) is 30.5 Å². The van der Waals surface area contributed by atoms with E-state index in [4.69, 9.17) is 14.2 Å². The van der Waals surface area contributed by atoms with Gasteiger partial charge in [-0.2, -0.15) is 18.2 Å². The summed E-state index contributed by atoms with van der Waals surface area (Å²) < 4.78 is 57.7. The molecular weight excluding hydrogens is 529 g/mol. The van der Waals surface area contributed by atoms with Gasteiger partial charge in [-0.05, 0) is 37.6 Å². The molecule has 2 aromatic heterocycles. The van der Waals surface area contributed by atoms with Crippen molar-refractivity contribution >= 4 is 23.2 Å². The summed E-state index contributed by atoms with van der Waals surface area (Å²) in [5, 5.41) is 6.11. The second-order valence-corrected chi connectivity index (χ2v) is 10.4. The number of amides is 1. The fraction of sp³-hybridized carbons (Fsp3) is 0.407. The van der Waals surface area contributed by atoms with Crippen molar-refractivity contribution in [1.29, 1.82) is 0 Å². The fourth-order valence-corrected chi connectivity index (χ4v) is 5.50. The normalized spacial score (nSPS) is 24.8. The number of anilines is 3. The number of pyridine rings is 1. The molecule has 0 aliphatic carbocycles. The van der Waals surface area contributed by atoms with Crippen LogP contribution < -0.4 is 20.3 Å². The van der Waals surface area contributed by atoms with Crippen molar-refractivity contribution in [3.05, 3.63) is 66.1 Å². The lowest BCUT2D eigenvalue weighted by molar-refractivity contribution is -0.141. The SMILES string of the molecule is CC1(C)OC[C@H](COc2cncc(NC(=O)C3C(c4cccc(C(F)(F)F)c4)[C@H]4CN3c3cccnc3N4)n2)O1. The topological polar surface area (TPSA) is 111 Å². The Morgan fingerprint density at radius 1 is 1.25 bits per heavy atom. The number of rotatable bonds is 6. The van der Waals surface area contributed by atoms with Crippen LogP contribution in [0, 0.1) is 0 Å². The number of fused-ring (bicyclic) bond motifs is 4. The first-order valence-electron chi connectivity index (χ1n) is 12.8. The van der Waals surface area contributed by atoms with Gasteiger partial charge in [0, 0.05) is 18.7 Å². The fourth-order valence-electron chi connectivity index (χ4n) is 5.50. The second-order valence-electron chi connectivity index (χ2n) is 10.4. The highest BCUT2D eigenvalue weighted by Crippen LogP contribution is 2.45. The summed E-state index contributed by atoms with van der Waals surface area (Å²) in [5.41, 5.74) is 0.317. The molecule has 0 saturated carbocycles. The summed E-state index contributed by atoms with van der Waals surface area (Å²) in [6, 6.07) is 7.49. The minimum atomic E-state index is -4.51. The van der Waals surface area contributed by atoms with E-state index in [9.17, 15) is 18.0 Å². The highest BCUT2D eigenvalue weighted by atomic mass is 19.4. The van der Waals surface area contributed by atoms with Crippen molar-refractivity contribution in [2.45, 2.75) is 49.9 Å². The van der Waals surface area contributed by atoms with Crippen LogP contribution in [0.5, 0.6) is 5.88 Å². The largest absolute Gasteiger partial charge is 0.474 e. The van der Waals surface area contributed by atoms with Gasteiger partial charge in [-0.15, -0.1) is 0 Å². The van der Waals surface area contributed by atoms with Crippen LogP contribution >= 0.6 is 0 Å². The van der Waals surface area contributed by atoms with Crippen LogP contribution in [0.2, 0.25) is 0 Å². The molecule has 10 nitrogen and oxygen atoms in total. The number of ether oxygens (including phenoxy) is 3. The van der Waals surface area contributed by atoms with E-state index in [1.807, 2.05) is 24.8 Å². The molecule has 2 N–H and O–H groups in total. The molecule has 0 spiro atoms. The molecule has 210 valence electrons. The number of nitrogens with one attached hydrogen (secondary N) is 2. The van der Waals surface area contributed by atoms with Crippen LogP contribution in [0.25, 0.3) is 0 Å². The van der Waals surface area contributed by atoms with Crippen molar-refractivity contribution in [3.8, 4) is 5.88 Å². The predicted molar refractivity (Wildman–Crippen MR) is 138 cm³/mol. The van der Waals surface area contributed by atoms with E-state index in [0.717, 1.165) is 12.1 Å². The van der Waals surface area contributed by atoms with Crippen molar-refractivity contribution in [3.63, 3.8) is 0 Å². The molecule has 13 heteroatoms. The van der Waals surface area contributed by atoms with Gasteiger partial charge in [0.1, 0.15) is 24.6 Å². The molecule has 40 heavy (non-hydrogen) atoms. The quantitative estimate of drug-likeness (QED) is 0.468. The molecule has 2 bridgehead atoms. The Labute approximate surface area is 227 Å². The molecule has 0 radical (unpaired) electrons. The van der Waals surface area contributed by atoms with Gasteiger partial charge >= 0.3 is 6.18 Å². The van der Waals surface area contributed by atoms with E-state index in [1.165, 1.54) is 18.5 Å². The third-order valence-electron chi connectivity index (χ3n) is 7.14. The first-order chi connectivity index (χ1) is 19.1. The Kier molecular flexibility index (Phi) is 6.50. The first-order valence-corrected chi connectivity index (χ1v) is 12.8. The summed E-state index contributed by atoms with van der Waals surface area (Å²) in [6.45, 7) is 4.59. The van der Waals surface area contributed by atoms with Crippen molar-refractivity contribution in [1.82, 2.24) is 15.0 Å². The van der Waals surface area contributed by atoms with Gasteiger partial charge in [0.2, 0.25) is 11.8 Å². The smallest absolute Gasteiger partial charge is 0.416 e. The zero-order valence-electron chi connectivity index (χ0n) is 21.7. The molecule has 4 atom stereocenters. The van der Waals surface area contributed by atoms with E-state index in [0.29, 0.717) is 30.2 Å². The standard InChI is InChI=1S/C27H27F3N6O4/c1-26(2)39-14-17(40-26)13-38-21-11-31-10-20(34-21)35-25(37)23-22(15-5-3-6-16(9-15)27(28,29)30)18-12-36(23)19-7-4-8-32-24(19)33-18/h3-11,17-18,22-23H,12-14H2,1-2H3,(H,32,33)(H,34,35,37)/t17-,18+,22?,23?/m0/s1. The molecule has 2 unspecified atom stereocenters. The average Bonchev–Trinajstić information content (AvgIpc) is 3.43. The zero-order chi connectivity index (χ0) is 28.1. The monoisotopic (exact) mass is 556 g/mol. The highest BCUT2D eigenvalue weighted by molar-refractivity contribution is 5.99. The molecule has 5 heterocycles. The molecule has 3 aliphatic heterocycles. The molecule has 6 rings (SSSR count). The van der Waals surface area contributed by atoms with Gasteiger partial charge in [-0.25, -0.2) is 4.98 Å². The number of hydrogen-bond donors (Lipinski definition) is 2. The van der Waals surface area contributed by atoms with E-state index < -0.39 is 35.4 Å². The van der Waals surface area contributed by atoms with E-state index in [1.54, 1.807) is 18.3 Å². The molecule has 3 aromatic rings. The maximum absolute atomic E-state index is 13.8. The number of benzene rings is 1. The number of hydrogen-bond acceptors (Lipinski definition) is 9. The summed E-state index contributed by atoms with van der Waals surface area (Å²) in [6.07, 6.45) is -0.375. The molecule has 2 saturated heterocycles. The van der Waals surface area contributed by atoms with Gasteiger partial charge in [-0.3, -0.25) is 9.78 Å². The summed E-state index contributed by atoms with van der Waals surface area (Å²) in [4.78, 5) is 28.5. The number of carbonyl (C=O) groups is 1. The zero-order valence-corrected chi connectivity index (χ0v) is 21.7. The van der Waals surface area contributed by atoms with Crippen LogP contribution in [-0.2, 0) is 20.4 Å². The van der Waals surface area contributed by atoms with Crippen molar-refractivity contribution < 1.29 is 32.2 Å². The summed E-state index contributed by atoms with van der Waals surface area (Å²) in [7, 11) is 0. The van der Waals surface area contributed by atoms with Crippen LogP contribution in [0.1, 0.15) is 30.9 Å². The number of alkyl halides is 3. The Morgan fingerprint density at radius 2 is 2.10 bits per heavy atom. The van der Waals surface area contributed by atoms with Gasteiger partial charge < -0.3 is 29.7 Å². The summed E-state index contributed by atoms with van der Waals surface area (Å²) in [5.74, 6) is -0.833. The van der Waals surface area contributed by atoms with Crippen molar-refractivity contribution in [2.75, 3.05) is 35.3 Å². The average molecular weight is 557 g/mol. The van der Waals surface area contributed by atoms with Gasteiger partial charge in [0.05, 0.1) is 36.3 Å². The summed E-state index contributed by atoms with van der Waals surface area (Å²) >= 11 is 0.